The van der Waals surface area contributed by atoms with Gasteiger partial charge in [0.1, 0.15) is 0 Å². The Morgan fingerprint density at radius 2 is 1.87 bits per heavy atom. The summed E-state index contributed by atoms with van der Waals surface area (Å²) in [5, 5.41) is 3.09. The quantitative estimate of drug-likeness (QED) is 0.633. The number of nitrogens with one attached hydrogen (secondary N) is 1. The highest BCUT2D eigenvalue weighted by Gasteiger charge is 2.22. The largest absolute Gasteiger partial charge is 0.454 e. The van der Waals surface area contributed by atoms with Crippen molar-refractivity contribution in [3.63, 3.8) is 0 Å². The molecule has 1 heterocycles. The topological polar surface area (TPSA) is 84.9 Å². The van der Waals surface area contributed by atoms with Gasteiger partial charge in [-0.25, -0.2) is 8.42 Å². The van der Waals surface area contributed by atoms with E-state index in [1.54, 1.807) is 18.2 Å². The van der Waals surface area contributed by atoms with Crippen molar-refractivity contribution in [2.75, 3.05) is 23.9 Å². The van der Waals surface area contributed by atoms with E-state index in [-0.39, 0.29) is 31.7 Å². The zero-order valence-corrected chi connectivity index (χ0v) is 19.3. The lowest BCUT2D eigenvalue weighted by atomic mass is 9.97. The van der Waals surface area contributed by atoms with Gasteiger partial charge in [-0.15, -0.1) is 0 Å². The van der Waals surface area contributed by atoms with Crippen LogP contribution in [0.25, 0.3) is 0 Å². The molecular formula is C23H30N2O5S. The Morgan fingerprint density at radius 1 is 1.13 bits per heavy atom. The van der Waals surface area contributed by atoms with E-state index in [1.807, 2.05) is 26.8 Å². The first-order valence-corrected chi connectivity index (χ1v) is 12.3. The van der Waals surface area contributed by atoms with Crippen LogP contribution in [0.2, 0.25) is 0 Å². The van der Waals surface area contributed by atoms with Crippen molar-refractivity contribution in [3.8, 4) is 11.5 Å². The molecule has 0 spiro atoms. The molecule has 0 aromatic heterocycles. The van der Waals surface area contributed by atoms with Crippen molar-refractivity contribution < 1.29 is 22.7 Å². The number of anilines is 1. The standard InChI is InChI=1S/C23H30N2O5S/c1-5-20(19-10-8-16(2)13-17(19)3)24-23(26)7-6-12-25(31(4,27)28)18-9-11-21-22(14-18)30-15-29-21/h8-11,13-14,20H,5-7,12,15H2,1-4H3,(H,24,26)/t20-/m1/s1. The van der Waals surface area contributed by atoms with Gasteiger partial charge < -0.3 is 14.8 Å². The van der Waals surface area contributed by atoms with Crippen molar-refractivity contribution in [2.45, 2.75) is 46.1 Å². The summed E-state index contributed by atoms with van der Waals surface area (Å²) in [6.45, 7) is 6.45. The molecule has 0 saturated heterocycles. The number of hydrogen-bond donors (Lipinski definition) is 1. The lowest BCUT2D eigenvalue weighted by Crippen LogP contribution is -2.33. The number of nitrogens with zero attached hydrogens (tertiary/aromatic N) is 1. The second kappa shape index (κ2) is 9.60. The van der Waals surface area contributed by atoms with Gasteiger partial charge in [-0.1, -0.05) is 30.7 Å². The molecule has 7 nitrogen and oxygen atoms in total. The summed E-state index contributed by atoms with van der Waals surface area (Å²) in [5.74, 6) is 1.02. The maximum absolute atomic E-state index is 12.6. The molecule has 2 aromatic carbocycles. The van der Waals surface area contributed by atoms with Crippen LogP contribution < -0.4 is 19.1 Å². The molecule has 1 N–H and O–H groups in total. The molecule has 1 aliphatic rings. The highest BCUT2D eigenvalue weighted by molar-refractivity contribution is 7.92. The molecule has 8 heteroatoms. The van der Waals surface area contributed by atoms with Crippen LogP contribution in [0.15, 0.2) is 36.4 Å². The van der Waals surface area contributed by atoms with Crippen molar-refractivity contribution in [3.05, 3.63) is 53.1 Å². The second-order valence-electron chi connectivity index (χ2n) is 7.86. The van der Waals surface area contributed by atoms with E-state index in [1.165, 1.54) is 9.87 Å². The fourth-order valence-electron chi connectivity index (χ4n) is 3.79. The molecule has 0 saturated carbocycles. The van der Waals surface area contributed by atoms with Crippen LogP contribution in [0.4, 0.5) is 5.69 Å². The first-order chi connectivity index (χ1) is 14.7. The predicted molar refractivity (Wildman–Crippen MR) is 121 cm³/mol. The fraction of sp³-hybridized carbons (Fsp3) is 0.435. The maximum Gasteiger partial charge on any atom is 0.232 e. The number of hydrogen-bond acceptors (Lipinski definition) is 5. The van der Waals surface area contributed by atoms with E-state index in [4.69, 9.17) is 9.47 Å². The summed E-state index contributed by atoms with van der Waals surface area (Å²) in [5.41, 5.74) is 3.94. The molecule has 1 atom stereocenters. The van der Waals surface area contributed by atoms with Crippen molar-refractivity contribution in [1.29, 1.82) is 0 Å². The zero-order valence-electron chi connectivity index (χ0n) is 18.5. The first kappa shape index (κ1) is 22.9. The van der Waals surface area contributed by atoms with Crippen LogP contribution in [0.1, 0.15) is 48.9 Å². The highest BCUT2D eigenvalue weighted by Crippen LogP contribution is 2.36. The molecule has 31 heavy (non-hydrogen) atoms. The summed E-state index contributed by atoms with van der Waals surface area (Å²) in [4.78, 5) is 12.6. The van der Waals surface area contributed by atoms with Crippen LogP contribution in [0.5, 0.6) is 11.5 Å². The van der Waals surface area contributed by atoms with E-state index in [0.29, 0.717) is 23.6 Å². The van der Waals surface area contributed by atoms with Gasteiger partial charge >= 0.3 is 0 Å². The minimum atomic E-state index is -3.51. The SMILES string of the molecule is CC[C@@H](NC(=O)CCCN(c1ccc2c(c1)OCO2)S(C)(=O)=O)c1ccc(C)cc1C. The summed E-state index contributed by atoms with van der Waals surface area (Å²) < 4.78 is 36.6. The molecule has 0 radical (unpaired) electrons. The zero-order chi connectivity index (χ0) is 22.6. The summed E-state index contributed by atoms with van der Waals surface area (Å²) in [7, 11) is -3.51. The van der Waals surface area contributed by atoms with E-state index in [0.717, 1.165) is 23.8 Å². The molecule has 1 aliphatic heterocycles. The van der Waals surface area contributed by atoms with Gasteiger partial charge in [-0.3, -0.25) is 9.10 Å². The summed E-state index contributed by atoms with van der Waals surface area (Å²) in [6, 6.07) is 11.2. The Morgan fingerprint density at radius 3 is 2.55 bits per heavy atom. The average Bonchev–Trinajstić information content (AvgIpc) is 3.16. The van der Waals surface area contributed by atoms with Crippen molar-refractivity contribution >= 4 is 21.6 Å². The minimum absolute atomic E-state index is 0.0621. The number of sulfonamides is 1. The van der Waals surface area contributed by atoms with E-state index >= 15 is 0 Å². The van der Waals surface area contributed by atoms with Gasteiger partial charge in [0.05, 0.1) is 18.0 Å². The van der Waals surface area contributed by atoms with Crippen LogP contribution in [0.3, 0.4) is 0 Å². The average molecular weight is 447 g/mol. The molecular weight excluding hydrogens is 416 g/mol. The lowest BCUT2D eigenvalue weighted by Gasteiger charge is -2.23. The number of aryl methyl sites for hydroxylation is 2. The molecule has 168 valence electrons. The molecule has 0 bridgehead atoms. The maximum atomic E-state index is 12.6. The van der Waals surface area contributed by atoms with Gasteiger partial charge in [-0.2, -0.15) is 0 Å². The monoisotopic (exact) mass is 446 g/mol. The number of amides is 1. The summed E-state index contributed by atoms with van der Waals surface area (Å²) in [6.07, 6.45) is 2.57. The smallest absolute Gasteiger partial charge is 0.232 e. The second-order valence-corrected chi connectivity index (χ2v) is 9.77. The van der Waals surface area contributed by atoms with Crippen LogP contribution in [0, 0.1) is 13.8 Å². The molecule has 2 aromatic rings. The van der Waals surface area contributed by atoms with Crippen LogP contribution >= 0.6 is 0 Å². The third-order valence-corrected chi connectivity index (χ3v) is 6.55. The van der Waals surface area contributed by atoms with E-state index < -0.39 is 10.0 Å². The van der Waals surface area contributed by atoms with Gasteiger partial charge in [0.25, 0.3) is 0 Å². The van der Waals surface area contributed by atoms with Crippen LogP contribution in [-0.2, 0) is 14.8 Å². The lowest BCUT2D eigenvalue weighted by molar-refractivity contribution is -0.121. The third kappa shape index (κ3) is 5.70. The Hall–Kier alpha value is -2.74. The Labute approximate surface area is 184 Å². The highest BCUT2D eigenvalue weighted by atomic mass is 32.2. The Balaban J connectivity index is 1.61. The van der Waals surface area contributed by atoms with Gasteiger partial charge in [-0.05, 0) is 49.9 Å². The molecule has 0 aliphatic carbocycles. The normalized spacial score (nSPS) is 13.7. The van der Waals surface area contributed by atoms with Crippen molar-refractivity contribution in [1.82, 2.24) is 5.32 Å². The number of carbonyl (C=O) groups excluding carboxylic acids is 1. The number of rotatable bonds is 9. The molecule has 1 amide bonds. The Kier molecular flexibility index (Phi) is 7.10. The van der Waals surface area contributed by atoms with E-state index in [2.05, 4.69) is 17.4 Å². The van der Waals surface area contributed by atoms with E-state index in [9.17, 15) is 13.2 Å². The third-order valence-electron chi connectivity index (χ3n) is 5.35. The van der Waals surface area contributed by atoms with Gasteiger partial charge in [0.15, 0.2) is 11.5 Å². The molecule has 0 unspecified atom stereocenters. The number of fused-ring (bicyclic) bond motifs is 1. The van der Waals surface area contributed by atoms with Gasteiger partial charge in [0, 0.05) is 19.0 Å². The Bertz CT molecular complexity index is 1050. The van der Waals surface area contributed by atoms with Crippen LogP contribution in [-0.4, -0.2) is 33.9 Å². The van der Waals surface area contributed by atoms with Crippen molar-refractivity contribution in [2.24, 2.45) is 0 Å². The number of ether oxygens (including phenoxy) is 2. The molecule has 3 rings (SSSR count). The first-order valence-electron chi connectivity index (χ1n) is 10.4. The minimum Gasteiger partial charge on any atom is -0.454 e. The summed E-state index contributed by atoms with van der Waals surface area (Å²) >= 11 is 0. The number of carbonyl (C=O) groups is 1. The van der Waals surface area contributed by atoms with Gasteiger partial charge in [0.2, 0.25) is 22.7 Å². The number of benzene rings is 2. The predicted octanol–water partition coefficient (Wildman–Crippen LogP) is 3.85. The fourth-order valence-corrected chi connectivity index (χ4v) is 4.75. The molecule has 0 fully saturated rings.